The molecular weight excluding hydrogens is 224 g/mol. The Morgan fingerprint density at radius 3 is 2.56 bits per heavy atom. The average molecular weight is 240 g/mol. The zero-order valence-corrected chi connectivity index (χ0v) is 10.2. The molecule has 0 atom stereocenters. The SMILES string of the molecule is C=CCN(CC=C)C(=O)c1c[nH]c2ccccc12. The molecular formula is C15H16N2O. The lowest BCUT2D eigenvalue weighted by molar-refractivity contribution is 0.0793. The van der Waals surface area contributed by atoms with E-state index >= 15 is 0 Å². The van der Waals surface area contributed by atoms with Crippen molar-refractivity contribution in [1.29, 1.82) is 0 Å². The number of para-hydroxylation sites is 1. The molecule has 1 N–H and O–H groups in total. The summed E-state index contributed by atoms with van der Waals surface area (Å²) >= 11 is 0. The third kappa shape index (κ3) is 2.20. The number of rotatable bonds is 5. The van der Waals surface area contributed by atoms with E-state index in [1.54, 1.807) is 23.2 Å². The first-order valence-electron chi connectivity index (χ1n) is 5.85. The van der Waals surface area contributed by atoms with Crippen molar-refractivity contribution in [3.8, 4) is 0 Å². The van der Waals surface area contributed by atoms with Crippen LogP contribution in [0.25, 0.3) is 10.9 Å². The van der Waals surface area contributed by atoms with Crippen molar-refractivity contribution in [1.82, 2.24) is 9.88 Å². The molecule has 0 aliphatic heterocycles. The van der Waals surface area contributed by atoms with Gasteiger partial charge in [0.15, 0.2) is 0 Å². The maximum absolute atomic E-state index is 12.4. The van der Waals surface area contributed by atoms with E-state index in [0.29, 0.717) is 18.7 Å². The zero-order chi connectivity index (χ0) is 13.0. The Bertz CT molecular complexity index is 573. The maximum atomic E-state index is 12.4. The van der Waals surface area contributed by atoms with Crippen LogP contribution < -0.4 is 0 Å². The number of fused-ring (bicyclic) bond motifs is 1. The number of aromatic amines is 1. The van der Waals surface area contributed by atoms with E-state index in [9.17, 15) is 4.79 Å². The van der Waals surface area contributed by atoms with E-state index in [2.05, 4.69) is 18.1 Å². The molecule has 1 heterocycles. The second-order valence-electron chi connectivity index (χ2n) is 4.04. The molecule has 0 bridgehead atoms. The number of benzene rings is 1. The first-order chi connectivity index (χ1) is 8.77. The molecule has 2 rings (SSSR count). The van der Waals surface area contributed by atoms with Crippen LogP contribution in [0, 0.1) is 0 Å². The van der Waals surface area contributed by atoms with Crippen molar-refractivity contribution in [2.24, 2.45) is 0 Å². The van der Waals surface area contributed by atoms with Gasteiger partial charge in [0.1, 0.15) is 0 Å². The van der Waals surface area contributed by atoms with Gasteiger partial charge in [-0.25, -0.2) is 0 Å². The van der Waals surface area contributed by atoms with E-state index in [4.69, 9.17) is 0 Å². The number of carbonyl (C=O) groups is 1. The Labute approximate surface area is 106 Å². The summed E-state index contributed by atoms with van der Waals surface area (Å²) in [7, 11) is 0. The van der Waals surface area contributed by atoms with Crippen LogP contribution in [0.2, 0.25) is 0 Å². The molecule has 2 aromatic rings. The van der Waals surface area contributed by atoms with Crippen molar-refractivity contribution in [2.75, 3.05) is 13.1 Å². The molecule has 0 aliphatic rings. The summed E-state index contributed by atoms with van der Waals surface area (Å²) in [6, 6.07) is 7.77. The van der Waals surface area contributed by atoms with Gasteiger partial charge in [-0.05, 0) is 6.07 Å². The molecule has 0 saturated heterocycles. The minimum absolute atomic E-state index is 0.00718. The summed E-state index contributed by atoms with van der Waals surface area (Å²) in [5.74, 6) is -0.00718. The second kappa shape index (κ2) is 5.36. The largest absolute Gasteiger partial charge is 0.360 e. The van der Waals surface area contributed by atoms with Crippen molar-refractivity contribution in [3.63, 3.8) is 0 Å². The summed E-state index contributed by atoms with van der Waals surface area (Å²) in [6.07, 6.45) is 5.19. The first-order valence-corrected chi connectivity index (χ1v) is 5.85. The van der Waals surface area contributed by atoms with Gasteiger partial charge in [-0.3, -0.25) is 4.79 Å². The van der Waals surface area contributed by atoms with Gasteiger partial charge < -0.3 is 9.88 Å². The lowest BCUT2D eigenvalue weighted by atomic mass is 10.1. The van der Waals surface area contributed by atoms with Crippen LogP contribution in [0.15, 0.2) is 55.8 Å². The zero-order valence-electron chi connectivity index (χ0n) is 10.2. The van der Waals surface area contributed by atoms with Gasteiger partial charge in [0, 0.05) is 30.2 Å². The van der Waals surface area contributed by atoms with Crippen LogP contribution in [-0.2, 0) is 0 Å². The Morgan fingerprint density at radius 1 is 1.22 bits per heavy atom. The fourth-order valence-corrected chi connectivity index (χ4v) is 1.97. The first kappa shape index (κ1) is 12.2. The van der Waals surface area contributed by atoms with Gasteiger partial charge in [0.2, 0.25) is 0 Å². The number of H-pyrrole nitrogens is 1. The van der Waals surface area contributed by atoms with Crippen LogP contribution in [-0.4, -0.2) is 28.9 Å². The second-order valence-corrected chi connectivity index (χ2v) is 4.04. The van der Waals surface area contributed by atoms with Crippen LogP contribution >= 0.6 is 0 Å². The summed E-state index contributed by atoms with van der Waals surface area (Å²) in [4.78, 5) is 17.2. The number of hydrogen-bond donors (Lipinski definition) is 1. The summed E-state index contributed by atoms with van der Waals surface area (Å²) in [5.41, 5.74) is 1.66. The molecule has 0 saturated carbocycles. The summed E-state index contributed by atoms with van der Waals surface area (Å²) in [5, 5.41) is 0.945. The Kier molecular flexibility index (Phi) is 3.63. The van der Waals surface area contributed by atoms with Gasteiger partial charge >= 0.3 is 0 Å². The van der Waals surface area contributed by atoms with Gasteiger partial charge in [0.05, 0.1) is 5.56 Å². The highest BCUT2D eigenvalue weighted by molar-refractivity contribution is 6.06. The molecule has 3 nitrogen and oxygen atoms in total. The van der Waals surface area contributed by atoms with Crippen molar-refractivity contribution >= 4 is 16.8 Å². The highest BCUT2D eigenvalue weighted by atomic mass is 16.2. The molecule has 1 aromatic heterocycles. The van der Waals surface area contributed by atoms with Gasteiger partial charge in [-0.1, -0.05) is 30.4 Å². The lowest BCUT2D eigenvalue weighted by Gasteiger charge is -2.18. The molecule has 0 fully saturated rings. The quantitative estimate of drug-likeness (QED) is 0.801. The topological polar surface area (TPSA) is 36.1 Å². The lowest BCUT2D eigenvalue weighted by Crippen LogP contribution is -2.31. The highest BCUT2D eigenvalue weighted by Gasteiger charge is 2.16. The maximum Gasteiger partial charge on any atom is 0.256 e. The number of carbonyl (C=O) groups excluding carboxylic acids is 1. The van der Waals surface area contributed by atoms with Crippen LogP contribution in [0.4, 0.5) is 0 Å². The molecule has 3 heteroatoms. The number of nitrogens with zero attached hydrogens (tertiary/aromatic N) is 1. The van der Waals surface area contributed by atoms with E-state index in [1.165, 1.54) is 0 Å². The van der Waals surface area contributed by atoms with E-state index < -0.39 is 0 Å². The highest BCUT2D eigenvalue weighted by Crippen LogP contribution is 2.19. The van der Waals surface area contributed by atoms with E-state index in [-0.39, 0.29) is 5.91 Å². The normalized spacial score (nSPS) is 10.2. The van der Waals surface area contributed by atoms with E-state index in [1.807, 2.05) is 24.3 Å². The molecule has 92 valence electrons. The van der Waals surface area contributed by atoms with Crippen molar-refractivity contribution < 1.29 is 4.79 Å². The van der Waals surface area contributed by atoms with Crippen LogP contribution in [0.1, 0.15) is 10.4 Å². The molecule has 0 radical (unpaired) electrons. The molecule has 0 spiro atoms. The Hall–Kier alpha value is -2.29. The molecule has 0 aliphatic carbocycles. The fraction of sp³-hybridized carbons (Fsp3) is 0.133. The van der Waals surface area contributed by atoms with E-state index in [0.717, 1.165) is 10.9 Å². The van der Waals surface area contributed by atoms with Crippen molar-refractivity contribution in [2.45, 2.75) is 0 Å². The molecule has 0 unspecified atom stereocenters. The van der Waals surface area contributed by atoms with Crippen LogP contribution in [0.3, 0.4) is 0 Å². The Morgan fingerprint density at radius 2 is 1.89 bits per heavy atom. The van der Waals surface area contributed by atoms with Gasteiger partial charge in [-0.2, -0.15) is 0 Å². The van der Waals surface area contributed by atoms with Gasteiger partial charge in [-0.15, -0.1) is 13.2 Å². The number of amides is 1. The summed E-state index contributed by atoms with van der Waals surface area (Å²) in [6.45, 7) is 8.38. The minimum atomic E-state index is -0.00718. The standard InChI is InChI=1S/C15H16N2O/c1-3-9-17(10-4-2)15(18)13-11-16-14-8-6-5-7-12(13)14/h3-8,11,16H,1-2,9-10H2. The number of aromatic nitrogens is 1. The third-order valence-electron chi connectivity index (χ3n) is 2.81. The van der Waals surface area contributed by atoms with Crippen LogP contribution in [0.5, 0.6) is 0 Å². The molecule has 1 amide bonds. The average Bonchev–Trinajstić information content (AvgIpc) is 2.81. The number of hydrogen-bond acceptors (Lipinski definition) is 1. The monoisotopic (exact) mass is 240 g/mol. The smallest absolute Gasteiger partial charge is 0.256 e. The van der Waals surface area contributed by atoms with Crippen molar-refractivity contribution in [3.05, 3.63) is 61.3 Å². The Balaban J connectivity index is 2.37. The minimum Gasteiger partial charge on any atom is -0.360 e. The molecule has 1 aromatic carbocycles. The molecule has 18 heavy (non-hydrogen) atoms. The van der Waals surface area contributed by atoms with Gasteiger partial charge in [0.25, 0.3) is 5.91 Å². The fourth-order valence-electron chi connectivity index (χ4n) is 1.97. The third-order valence-corrected chi connectivity index (χ3v) is 2.81. The predicted octanol–water partition coefficient (Wildman–Crippen LogP) is 2.98. The number of nitrogens with one attached hydrogen (secondary N) is 1. The summed E-state index contributed by atoms with van der Waals surface area (Å²) < 4.78 is 0. The predicted molar refractivity (Wildman–Crippen MR) is 74.6 cm³/mol.